The van der Waals surface area contributed by atoms with Gasteiger partial charge in [0.05, 0.1) is 5.56 Å². The minimum Gasteiger partial charge on any atom is -0.508 e. The van der Waals surface area contributed by atoms with Crippen molar-refractivity contribution in [1.29, 1.82) is 0 Å². The van der Waals surface area contributed by atoms with E-state index in [9.17, 15) is 20.1 Å². The van der Waals surface area contributed by atoms with Crippen molar-refractivity contribution in [2.75, 3.05) is 0 Å². The molecular formula is C25H28O4. The lowest BCUT2D eigenvalue weighted by Crippen LogP contribution is -1.98. The van der Waals surface area contributed by atoms with E-state index in [0.717, 1.165) is 24.0 Å². The molecule has 4 heteroatoms. The molecule has 0 aliphatic carbocycles. The Labute approximate surface area is 172 Å². The van der Waals surface area contributed by atoms with Crippen LogP contribution in [0.5, 0.6) is 17.2 Å². The van der Waals surface area contributed by atoms with Crippen LogP contribution < -0.4 is 0 Å². The summed E-state index contributed by atoms with van der Waals surface area (Å²) >= 11 is 0. The lowest BCUT2D eigenvalue weighted by Gasteiger charge is -2.09. The third-order valence-electron chi connectivity index (χ3n) is 4.59. The summed E-state index contributed by atoms with van der Waals surface area (Å²) in [4.78, 5) is 12.5. The maximum atomic E-state index is 12.5. The Hall–Kier alpha value is -3.27. The molecule has 4 nitrogen and oxygen atoms in total. The van der Waals surface area contributed by atoms with Crippen LogP contribution in [0.15, 0.2) is 65.8 Å². The highest BCUT2D eigenvalue weighted by molar-refractivity contribution is 6.09. The first-order valence-corrected chi connectivity index (χ1v) is 9.62. The van der Waals surface area contributed by atoms with Crippen LogP contribution in [-0.4, -0.2) is 21.1 Å². The molecule has 0 saturated heterocycles. The lowest BCUT2D eigenvalue weighted by molar-refractivity contribution is 0.104. The fourth-order valence-corrected chi connectivity index (χ4v) is 2.84. The second-order valence-electron chi connectivity index (χ2n) is 7.32. The van der Waals surface area contributed by atoms with Gasteiger partial charge in [0.25, 0.3) is 0 Å². The van der Waals surface area contributed by atoms with Crippen LogP contribution in [0.3, 0.4) is 0 Å². The zero-order chi connectivity index (χ0) is 21.4. The predicted molar refractivity (Wildman–Crippen MR) is 117 cm³/mol. The molecule has 152 valence electrons. The number of rotatable bonds is 8. The van der Waals surface area contributed by atoms with Crippen LogP contribution in [-0.2, 0) is 6.42 Å². The van der Waals surface area contributed by atoms with E-state index in [-0.39, 0.29) is 28.6 Å². The molecule has 0 radical (unpaired) electrons. The van der Waals surface area contributed by atoms with Crippen LogP contribution in [0.1, 0.15) is 55.1 Å². The highest BCUT2D eigenvalue weighted by atomic mass is 16.3. The number of benzene rings is 2. The van der Waals surface area contributed by atoms with E-state index < -0.39 is 0 Å². The Kier molecular flexibility index (Phi) is 7.84. The van der Waals surface area contributed by atoms with Crippen molar-refractivity contribution in [2.45, 2.75) is 40.0 Å². The summed E-state index contributed by atoms with van der Waals surface area (Å²) in [6, 6.07) is 9.29. The third kappa shape index (κ3) is 6.68. The zero-order valence-electron chi connectivity index (χ0n) is 17.1. The molecule has 2 aromatic rings. The Morgan fingerprint density at radius 3 is 2.28 bits per heavy atom. The van der Waals surface area contributed by atoms with Gasteiger partial charge in [0, 0.05) is 5.56 Å². The summed E-state index contributed by atoms with van der Waals surface area (Å²) < 4.78 is 0. The predicted octanol–water partition coefficient (Wildman–Crippen LogP) is 5.93. The first-order valence-electron chi connectivity index (χ1n) is 9.62. The molecule has 0 aliphatic rings. The molecule has 0 aliphatic heterocycles. The first kappa shape index (κ1) is 22.0. The van der Waals surface area contributed by atoms with Gasteiger partial charge in [-0.05, 0) is 75.9 Å². The van der Waals surface area contributed by atoms with Gasteiger partial charge in [-0.3, -0.25) is 4.79 Å². The van der Waals surface area contributed by atoms with Crippen LogP contribution in [0.25, 0.3) is 6.08 Å². The van der Waals surface area contributed by atoms with Crippen LogP contribution in [0.2, 0.25) is 0 Å². The average molecular weight is 392 g/mol. The van der Waals surface area contributed by atoms with Gasteiger partial charge in [0.15, 0.2) is 5.78 Å². The summed E-state index contributed by atoms with van der Waals surface area (Å²) in [5, 5.41) is 30.0. The van der Waals surface area contributed by atoms with E-state index in [1.165, 1.54) is 35.9 Å². The Morgan fingerprint density at radius 2 is 1.62 bits per heavy atom. The monoisotopic (exact) mass is 392 g/mol. The fraction of sp³-hybridized carbons (Fsp3) is 0.240. The van der Waals surface area contributed by atoms with Crippen molar-refractivity contribution >= 4 is 11.9 Å². The van der Waals surface area contributed by atoms with E-state index in [4.69, 9.17) is 0 Å². The molecule has 0 unspecified atom stereocenters. The van der Waals surface area contributed by atoms with Crippen molar-refractivity contribution in [3.8, 4) is 17.2 Å². The molecule has 0 fully saturated rings. The topological polar surface area (TPSA) is 77.8 Å². The van der Waals surface area contributed by atoms with Gasteiger partial charge in [-0.15, -0.1) is 0 Å². The van der Waals surface area contributed by atoms with Gasteiger partial charge < -0.3 is 15.3 Å². The van der Waals surface area contributed by atoms with Crippen molar-refractivity contribution < 1.29 is 20.1 Å². The molecule has 2 aromatic carbocycles. The van der Waals surface area contributed by atoms with Gasteiger partial charge in [-0.2, -0.15) is 0 Å². The van der Waals surface area contributed by atoms with E-state index in [1.807, 2.05) is 13.0 Å². The maximum absolute atomic E-state index is 12.5. The number of phenols is 3. The highest BCUT2D eigenvalue weighted by Gasteiger charge is 2.15. The Balaban J connectivity index is 2.15. The molecule has 0 spiro atoms. The Bertz CT molecular complexity index is 944. The number of allylic oxidation sites excluding steroid dienone is 5. The minimum absolute atomic E-state index is 0.0325. The average Bonchev–Trinajstić information content (AvgIpc) is 2.67. The number of phenolic OH excluding ortho intramolecular Hbond substituents is 3. The summed E-state index contributed by atoms with van der Waals surface area (Å²) in [7, 11) is 0. The lowest BCUT2D eigenvalue weighted by atomic mass is 9.99. The summed E-state index contributed by atoms with van der Waals surface area (Å²) in [5.41, 5.74) is 3.67. The van der Waals surface area contributed by atoms with E-state index in [0.29, 0.717) is 12.0 Å². The second kappa shape index (κ2) is 10.3. The molecule has 3 N–H and O–H groups in total. The van der Waals surface area contributed by atoms with Gasteiger partial charge in [-0.1, -0.05) is 41.5 Å². The molecule has 0 aromatic heterocycles. The van der Waals surface area contributed by atoms with Crippen molar-refractivity contribution in [3.05, 3.63) is 82.5 Å². The van der Waals surface area contributed by atoms with E-state index in [2.05, 4.69) is 19.9 Å². The number of hydrogen-bond donors (Lipinski definition) is 3. The summed E-state index contributed by atoms with van der Waals surface area (Å²) in [5.74, 6) is -0.437. The van der Waals surface area contributed by atoms with Gasteiger partial charge in [-0.25, -0.2) is 0 Å². The van der Waals surface area contributed by atoms with Gasteiger partial charge in [0.1, 0.15) is 17.2 Å². The quantitative estimate of drug-likeness (QED) is 0.295. The first-order chi connectivity index (χ1) is 13.8. The standard InChI is InChI=1S/C25H28O4/c1-17(2)5-4-6-18(3)7-13-21-24(28)16-14-22(25(21)29)23(27)15-10-19-8-11-20(26)12-9-19/h5,7-12,14-16,26,28-29H,4,6,13H2,1-3H3/b15-10+,18-7?. The molecule has 0 atom stereocenters. The molecule has 0 heterocycles. The van der Waals surface area contributed by atoms with Crippen molar-refractivity contribution in [1.82, 2.24) is 0 Å². The summed E-state index contributed by atoms with van der Waals surface area (Å²) in [6.45, 7) is 6.14. The van der Waals surface area contributed by atoms with Crippen LogP contribution in [0, 0.1) is 0 Å². The van der Waals surface area contributed by atoms with Gasteiger partial charge in [0.2, 0.25) is 0 Å². The van der Waals surface area contributed by atoms with Crippen molar-refractivity contribution in [3.63, 3.8) is 0 Å². The number of carbonyl (C=O) groups excluding carboxylic acids is 1. The smallest absolute Gasteiger partial charge is 0.189 e. The summed E-state index contributed by atoms with van der Waals surface area (Å²) in [6.07, 6.45) is 9.31. The second-order valence-corrected chi connectivity index (χ2v) is 7.32. The number of carbonyl (C=O) groups is 1. The molecule has 0 bridgehead atoms. The molecule has 2 rings (SSSR count). The zero-order valence-corrected chi connectivity index (χ0v) is 17.1. The SMILES string of the molecule is CC(C)=CCCC(C)=CCc1c(O)ccc(C(=O)/C=C/c2ccc(O)cc2)c1O. The molecule has 0 saturated carbocycles. The molecule has 29 heavy (non-hydrogen) atoms. The maximum Gasteiger partial charge on any atom is 0.189 e. The van der Waals surface area contributed by atoms with Crippen molar-refractivity contribution in [2.24, 2.45) is 0 Å². The normalized spacial score (nSPS) is 11.6. The highest BCUT2D eigenvalue weighted by Crippen LogP contribution is 2.32. The Morgan fingerprint density at radius 1 is 0.931 bits per heavy atom. The molecule has 0 amide bonds. The van der Waals surface area contributed by atoms with Crippen LogP contribution >= 0.6 is 0 Å². The third-order valence-corrected chi connectivity index (χ3v) is 4.59. The van der Waals surface area contributed by atoms with Gasteiger partial charge >= 0.3 is 0 Å². The van der Waals surface area contributed by atoms with E-state index >= 15 is 0 Å². The number of hydrogen-bond acceptors (Lipinski definition) is 4. The largest absolute Gasteiger partial charge is 0.508 e. The van der Waals surface area contributed by atoms with Crippen LogP contribution in [0.4, 0.5) is 0 Å². The molecular weight excluding hydrogens is 364 g/mol. The minimum atomic E-state index is -0.360. The van der Waals surface area contributed by atoms with E-state index in [1.54, 1.807) is 18.2 Å². The number of ketones is 1. The number of aromatic hydroxyl groups is 3. The fourth-order valence-electron chi connectivity index (χ4n) is 2.84.